The topological polar surface area (TPSA) is 63.9 Å². The summed E-state index contributed by atoms with van der Waals surface area (Å²) in [7, 11) is -1.36. The third-order valence-electron chi connectivity index (χ3n) is 4.55. The molecule has 2 heterocycles. The van der Waals surface area contributed by atoms with Crippen molar-refractivity contribution in [3.8, 4) is 5.75 Å². The number of aryl methyl sites for hydroxylation is 1. The van der Waals surface area contributed by atoms with E-state index < -0.39 is 10.0 Å². The van der Waals surface area contributed by atoms with Crippen LogP contribution < -0.4 is 9.64 Å². The lowest BCUT2D eigenvalue weighted by atomic mass is 10.2. The Kier molecular flexibility index (Phi) is 6.75. The minimum Gasteiger partial charge on any atom is -0.493 e. The van der Waals surface area contributed by atoms with E-state index >= 15 is 0 Å². The Morgan fingerprint density at radius 2 is 1.85 bits per heavy atom. The van der Waals surface area contributed by atoms with Crippen molar-refractivity contribution in [2.24, 2.45) is 0 Å². The SMILES string of the molecule is Cc1ccc(OCCSc2ccc(S(=O)(=O)N3CC[NH+](C)CC3)cn2)cc1. The Balaban J connectivity index is 1.50. The average molecular weight is 409 g/mol. The minimum absolute atomic E-state index is 0.266. The molecule has 1 aromatic carbocycles. The van der Waals surface area contributed by atoms with Crippen molar-refractivity contribution in [3.63, 3.8) is 0 Å². The Labute approximate surface area is 165 Å². The molecule has 1 saturated heterocycles. The van der Waals surface area contributed by atoms with E-state index in [0.717, 1.165) is 29.6 Å². The van der Waals surface area contributed by atoms with Crippen LogP contribution >= 0.6 is 11.8 Å². The molecule has 0 atom stereocenters. The van der Waals surface area contributed by atoms with Gasteiger partial charge in [-0.15, -0.1) is 11.8 Å². The first-order chi connectivity index (χ1) is 12.9. The van der Waals surface area contributed by atoms with Gasteiger partial charge in [0.25, 0.3) is 0 Å². The molecule has 8 heteroatoms. The van der Waals surface area contributed by atoms with E-state index in [-0.39, 0.29) is 4.90 Å². The van der Waals surface area contributed by atoms with Gasteiger partial charge in [-0.25, -0.2) is 13.4 Å². The van der Waals surface area contributed by atoms with E-state index in [2.05, 4.69) is 12.0 Å². The smallest absolute Gasteiger partial charge is 0.245 e. The van der Waals surface area contributed by atoms with Gasteiger partial charge in [-0.05, 0) is 31.2 Å². The molecule has 1 aliphatic heterocycles. The van der Waals surface area contributed by atoms with Gasteiger partial charge in [0, 0.05) is 11.9 Å². The van der Waals surface area contributed by atoms with Crippen LogP contribution in [0.3, 0.4) is 0 Å². The normalized spacial score (nSPS) is 16.4. The lowest BCUT2D eigenvalue weighted by molar-refractivity contribution is -0.883. The summed E-state index contributed by atoms with van der Waals surface area (Å²) in [6, 6.07) is 11.4. The van der Waals surface area contributed by atoms with E-state index in [1.807, 2.05) is 31.2 Å². The monoisotopic (exact) mass is 408 g/mol. The van der Waals surface area contributed by atoms with Gasteiger partial charge in [-0.3, -0.25) is 0 Å². The minimum atomic E-state index is -3.44. The van der Waals surface area contributed by atoms with Gasteiger partial charge in [-0.1, -0.05) is 17.7 Å². The number of benzene rings is 1. The van der Waals surface area contributed by atoms with Gasteiger partial charge >= 0.3 is 0 Å². The first-order valence-electron chi connectivity index (χ1n) is 9.05. The molecule has 3 rings (SSSR count). The number of ether oxygens (including phenoxy) is 1. The molecule has 0 unspecified atom stereocenters. The molecule has 0 bridgehead atoms. The summed E-state index contributed by atoms with van der Waals surface area (Å²) in [5.41, 5.74) is 1.20. The number of likely N-dealkylation sites (N-methyl/N-ethyl adjacent to an activating group) is 1. The molecule has 6 nitrogen and oxygen atoms in total. The fourth-order valence-electron chi connectivity index (χ4n) is 2.80. The molecule has 1 aromatic heterocycles. The van der Waals surface area contributed by atoms with Crippen LogP contribution in [0.2, 0.25) is 0 Å². The second kappa shape index (κ2) is 9.05. The molecule has 27 heavy (non-hydrogen) atoms. The number of rotatable bonds is 7. The van der Waals surface area contributed by atoms with Crippen LogP contribution in [0.4, 0.5) is 0 Å². The zero-order valence-corrected chi connectivity index (χ0v) is 17.4. The summed E-state index contributed by atoms with van der Waals surface area (Å²) >= 11 is 1.55. The number of nitrogens with one attached hydrogen (secondary N) is 1. The molecule has 146 valence electrons. The fraction of sp³-hybridized carbons (Fsp3) is 0.421. The highest BCUT2D eigenvalue weighted by Crippen LogP contribution is 2.20. The van der Waals surface area contributed by atoms with E-state index in [1.54, 1.807) is 28.2 Å². The molecule has 0 amide bonds. The second-order valence-electron chi connectivity index (χ2n) is 6.70. The van der Waals surface area contributed by atoms with E-state index in [1.165, 1.54) is 16.7 Å². The molecular weight excluding hydrogens is 382 g/mol. The number of hydrogen-bond acceptors (Lipinski definition) is 5. The number of quaternary nitrogens is 1. The molecular formula is C19H26N3O3S2+. The summed E-state index contributed by atoms with van der Waals surface area (Å²) in [4.78, 5) is 5.93. The van der Waals surface area contributed by atoms with Crippen molar-refractivity contribution < 1.29 is 18.1 Å². The summed E-state index contributed by atoms with van der Waals surface area (Å²) in [6.45, 7) is 5.39. The van der Waals surface area contributed by atoms with Gasteiger partial charge in [0.05, 0.1) is 44.9 Å². The van der Waals surface area contributed by atoms with Crippen LogP contribution in [0.5, 0.6) is 5.75 Å². The summed E-state index contributed by atoms with van der Waals surface area (Å²) < 4.78 is 32.6. The average Bonchev–Trinajstić information content (AvgIpc) is 2.67. The van der Waals surface area contributed by atoms with Gasteiger partial charge in [-0.2, -0.15) is 4.31 Å². The molecule has 1 fully saturated rings. The predicted molar refractivity (Wildman–Crippen MR) is 107 cm³/mol. The van der Waals surface area contributed by atoms with E-state index in [4.69, 9.17) is 4.74 Å². The van der Waals surface area contributed by atoms with Crippen LogP contribution in [-0.2, 0) is 10.0 Å². The molecule has 2 aromatic rings. The summed E-state index contributed by atoms with van der Waals surface area (Å²) in [5.74, 6) is 1.60. The van der Waals surface area contributed by atoms with Crippen LogP contribution in [-0.4, -0.2) is 63.3 Å². The Morgan fingerprint density at radius 1 is 1.15 bits per heavy atom. The Morgan fingerprint density at radius 3 is 2.48 bits per heavy atom. The van der Waals surface area contributed by atoms with Crippen molar-refractivity contribution in [2.75, 3.05) is 45.6 Å². The summed E-state index contributed by atoms with van der Waals surface area (Å²) in [6.07, 6.45) is 1.46. The number of piperazine rings is 1. The quantitative estimate of drug-likeness (QED) is 0.549. The number of thioether (sulfide) groups is 1. The van der Waals surface area contributed by atoms with Crippen molar-refractivity contribution in [1.82, 2.24) is 9.29 Å². The fourth-order valence-corrected chi connectivity index (χ4v) is 4.86. The number of aromatic nitrogens is 1. The van der Waals surface area contributed by atoms with Gasteiger partial charge in [0.1, 0.15) is 10.6 Å². The lowest BCUT2D eigenvalue weighted by Gasteiger charge is -2.29. The van der Waals surface area contributed by atoms with Crippen LogP contribution in [0.25, 0.3) is 0 Å². The number of sulfonamides is 1. The van der Waals surface area contributed by atoms with Crippen LogP contribution in [0, 0.1) is 6.92 Å². The second-order valence-corrected chi connectivity index (χ2v) is 9.76. The van der Waals surface area contributed by atoms with Gasteiger partial charge in [0.2, 0.25) is 10.0 Å². The number of nitrogens with zero attached hydrogens (tertiary/aromatic N) is 2. The summed E-state index contributed by atoms with van der Waals surface area (Å²) in [5, 5.41) is 0.796. The first kappa shape index (κ1) is 20.1. The number of hydrogen-bond donors (Lipinski definition) is 1. The molecule has 1 N–H and O–H groups in total. The largest absolute Gasteiger partial charge is 0.493 e. The molecule has 0 spiro atoms. The third-order valence-corrected chi connectivity index (χ3v) is 7.34. The maximum Gasteiger partial charge on any atom is 0.245 e. The Bertz CT molecular complexity index is 832. The first-order valence-corrected chi connectivity index (χ1v) is 11.5. The van der Waals surface area contributed by atoms with Crippen LogP contribution in [0.1, 0.15) is 5.56 Å². The van der Waals surface area contributed by atoms with Crippen LogP contribution in [0.15, 0.2) is 52.5 Å². The highest BCUT2D eigenvalue weighted by molar-refractivity contribution is 7.99. The van der Waals surface area contributed by atoms with Gasteiger partial charge < -0.3 is 9.64 Å². The zero-order chi connectivity index (χ0) is 19.3. The molecule has 1 aliphatic rings. The maximum atomic E-state index is 12.7. The molecule has 0 aliphatic carbocycles. The van der Waals surface area contributed by atoms with Crippen molar-refractivity contribution in [2.45, 2.75) is 16.8 Å². The molecule has 0 radical (unpaired) electrons. The maximum absolute atomic E-state index is 12.7. The Hall–Kier alpha value is -1.61. The zero-order valence-electron chi connectivity index (χ0n) is 15.7. The molecule has 0 saturated carbocycles. The highest BCUT2D eigenvalue weighted by Gasteiger charge is 2.29. The van der Waals surface area contributed by atoms with E-state index in [0.29, 0.717) is 19.7 Å². The van der Waals surface area contributed by atoms with Crippen molar-refractivity contribution in [1.29, 1.82) is 0 Å². The predicted octanol–water partition coefficient (Wildman–Crippen LogP) is 1.08. The van der Waals surface area contributed by atoms with E-state index in [9.17, 15) is 8.42 Å². The third kappa shape index (κ3) is 5.44. The van der Waals surface area contributed by atoms with Crippen molar-refractivity contribution >= 4 is 21.8 Å². The van der Waals surface area contributed by atoms with Crippen molar-refractivity contribution in [3.05, 3.63) is 48.2 Å². The highest BCUT2D eigenvalue weighted by atomic mass is 32.2. The van der Waals surface area contributed by atoms with Gasteiger partial charge in [0.15, 0.2) is 0 Å². The number of pyridine rings is 1. The lowest BCUT2D eigenvalue weighted by Crippen LogP contribution is -3.12. The standard InChI is InChI=1S/C19H25N3O3S2/c1-16-3-5-17(6-4-16)25-13-14-26-19-8-7-18(15-20-19)27(23,24)22-11-9-21(2)10-12-22/h3-8,15H,9-14H2,1-2H3/p+1.